The number of ether oxygens (including phenoxy) is 1. The van der Waals surface area contributed by atoms with E-state index in [-0.39, 0.29) is 42.6 Å². The summed E-state index contributed by atoms with van der Waals surface area (Å²) < 4.78 is 6.08. The van der Waals surface area contributed by atoms with Crippen molar-refractivity contribution in [2.45, 2.75) is 81.9 Å². The van der Waals surface area contributed by atoms with Gasteiger partial charge in [0.25, 0.3) is 0 Å². The Bertz CT molecular complexity index is 1420. The average molecular weight is 623 g/mol. The Hall–Kier alpha value is -3.02. The van der Waals surface area contributed by atoms with E-state index in [9.17, 15) is 14.4 Å². The molecular formula is C33H43ClN6O4. The van der Waals surface area contributed by atoms with Gasteiger partial charge in [-0.3, -0.25) is 24.6 Å². The van der Waals surface area contributed by atoms with Gasteiger partial charge in [-0.2, -0.15) is 0 Å². The number of piperidine rings is 2. The van der Waals surface area contributed by atoms with Crippen LogP contribution in [0, 0.1) is 6.92 Å². The number of carbonyl (C=O) groups is 3. The van der Waals surface area contributed by atoms with Gasteiger partial charge >= 0.3 is 0 Å². The van der Waals surface area contributed by atoms with E-state index in [1.54, 1.807) is 12.1 Å². The summed E-state index contributed by atoms with van der Waals surface area (Å²) in [6.45, 7) is 4.62. The van der Waals surface area contributed by atoms with E-state index < -0.39 is 11.8 Å². The lowest BCUT2D eigenvalue weighted by molar-refractivity contribution is -0.145. The smallest absolute Gasteiger partial charge is 0.241 e. The molecule has 3 amide bonds. The highest BCUT2D eigenvalue weighted by atomic mass is 35.5. The number of carbonyl (C=O) groups excluding carboxylic acids is 3. The molecule has 0 radical (unpaired) electrons. The maximum atomic E-state index is 13.9. The Labute approximate surface area is 264 Å². The molecule has 0 aliphatic carbocycles. The number of nitrogens with two attached hydrogens (primary N) is 1. The molecule has 5 heterocycles. The van der Waals surface area contributed by atoms with Crippen molar-refractivity contribution in [3.8, 4) is 0 Å². The quantitative estimate of drug-likeness (QED) is 0.348. The number of fused-ring (bicyclic) bond motifs is 4. The number of rotatable bonds is 10. The van der Waals surface area contributed by atoms with Gasteiger partial charge in [-0.1, -0.05) is 35.9 Å². The Balaban J connectivity index is 1.16. The molecule has 236 valence electrons. The zero-order valence-corrected chi connectivity index (χ0v) is 26.3. The molecule has 0 aromatic heterocycles. The highest BCUT2D eigenvalue weighted by Crippen LogP contribution is 2.39. The Morgan fingerprint density at radius 3 is 2.39 bits per heavy atom. The number of halogens is 1. The van der Waals surface area contributed by atoms with E-state index in [2.05, 4.69) is 28.6 Å². The monoisotopic (exact) mass is 622 g/mol. The number of anilines is 1. The van der Waals surface area contributed by atoms with Crippen LogP contribution >= 0.6 is 11.6 Å². The second kappa shape index (κ2) is 12.8. The lowest BCUT2D eigenvalue weighted by Gasteiger charge is -2.50. The van der Waals surface area contributed by atoms with Crippen LogP contribution < -0.4 is 16.4 Å². The number of benzene rings is 2. The SMILES string of the molecule is Cc1cc(NC(=O)[C@H](CCN)NC2([C@@H]3Cc4ccccc4CN3C(=O)CCC(=O)N3CC4CCC3CN4C)CO2)ccc1Cl. The van der Waals surface area contributed by atoms with Crippen LogP contribution in [-0.4, -0.2) is 95.6 Å². The highest BCUT2D eigenvalue weighted by Gasteiger charge is 2.57. The van der Waals surface area contributed by atoms with Crippen molar-refractivity contribution in [1.29, 1.82) is 0 Å². The molecule has 5 atom stereocenters. The van der Waals surface area contributed by atoms with Crippen LogP contribution in [0.5, 0.6) is 0 Å². The van der Waals surface area contributed by atoms with E-state index >= 15 is 0 Å². The number of hydrogen-bond acceptors (Lipinski definition) is 7. The van der Waals surface area contributed by atoms with Gasteiger partial charge in [-0.05, 0) is 81.1 Å². The Kier molecular flexibility index (Phi) is 8.99. The van der Waals surface area contributed by atoms with Crippen LogP contribution in [0.3, 0.4) is 0 Å². The molecule has 3 unspecified atom stereocenters. The number of likely N-dealkylation sites (N-methyl/N-ethyl adjacent to an activating group) is 1. The minimum Gasteiger partial charge on any atom is -0.351 e. The number of nitrogens with zero attached hydrogens (tertiary/aromatic N) is 3. The molecule has 10 nitrogen and oxygen atoms in total. The first-order valence-electron chi connectivity index (χ1n) is 15.7. The predicted octanol–water partition coefficient (Wildman–Crippen LogP) is 2.66. The van der Waals surface area contributed by atoms with Crippen molar-refractivity contribution in [2.24, 2.45) is 5.73 Å². The Morgan fingerprint density at radius 2 is 1.75 bits per heavy atom. The van der Waals surface area contributed by atoms with Crippen molar-refractivity contribution in [2.75, 3.05) is 38.6 Å². The van der Waals surface area contributed by atoms with Crippen molar-refractivity contribution in [3.05, 3.63) is 64.2 Å². The number of hydrogen-bond donors (Lipinski definition) is 3. The van der Waals surface area contributed by atoms with Gasteiger partial charge in [0.2, 0.25) is 17.7 Å². The maximum Gasteiger partial charge on any atom is 0.241 e. The fourth-order valence-corrected chi connectivity index (χ4v) is 7.30. The first-order valence-corrected chi connectivity index (χ1v) is 16.1. The second-order valence-electron chi connectivity index (χ2n) is 12.8. The number of aryl methyl sites for hydroxylation is 1. The molecule has 2 aromatic carbocycles. The summed E-state index contributed by atoms with van der Waals surface area (Å²) >= 11 is 6.17. The standard InChI is InChI=1S/C33H43ClN6O4/c1-21-15-24(7-10-27(21)34)36-32(43)28(13-14-35)37-33(20-44-33)29-16-22-5-3-4-6-23(22)17-40(29)31(42)12-11-30(41)39-19-25-8-9-26(39)18-38(25)2/h3-7,10,15,25-26,28-29,37H,8-9,11-14,16-20,35H2,1-2H3,(H,36,43)/t25?,26?,28-,29-,33?/m0/s1. The summed E-state index contributed by atoms with van der Waals surface area (Å²) in [5.74, 6) is -0.249. The zero-order valence-electron chi connectivity index (χ0n) is 25.6. The fraction of sp³-hybridized carbons (Fsp3) is 0.545. The van der Waals surface area contributed by atoms with Crippen LogP contribution in [0.15, 0.2) is 42.5 Å². The molecule has 4 fully saturated rings. The van der Waals surface area contributed by atoms with E-state index in [4.69, 9.17) is 22.1 Å². The van der Waals surface area contributed by atoms with Crippen molar-refractivity contribution in [1.82, 2.24) is 20.0 Å². The highest BCUT2D eigenvalue weighted by molar-refractivity contribution is 6.31. The molecule has 5 aliphatic rings. The molecule has 11 heteroatoms. The first-order chi connectivity index (χ1) is 21.2. The average Bonchev–Trinajstić information content (AvgIpc) is 3.81. The first kappa shape index (κ1) is 31.0. The van der Waals surface area contributed by atoms with Crippen LogP contribution in [0.1, 0.15) is 48.8 Å². The topological polar surface area (TPSA) is 124 Å². The molecule has 4 saturated heterocycles. The number of amides is 3. The molecule has 4 N–H and O–H groups in total. The normalized spacial score (nSPS) is 26.7. The minimum absolute atomic E-state index is 0.0581. The summed E-state index contributed by atoms with van der Waals surface area (Å²) in [7, 11) is 2.13. The van der Waals surface area contributed by atoms with Gasteiger partial charge in [0.05, 0.1) is 18.7 Å². The van der Waals surface area contributed by atoms with Crippen molar-refractivity contribution in [3.63, 3.8) is 0 Å². The van der Waals surface area contributed by atoms with Gasteiger partial charge in [-0.15, -0.1) is 0 Å². The summed E-state index contributed by atoms with van der Waals surface area (Å²) in [5, 5.41) is 7.07. The third-order valence-electron chi connectivity index (χ3n) is 9.85. The summed E-state index contributed by atoms with van der Waals surface area (Å²) in [6, 6.07) is 13.1. The third-order valence-corrected chi connectivity index (χ3v) is 10.3. The van der Waals surface area contributed by atoms with Gasteiger partial charge in [0.1, 0.15) is 0 Å². The molecule has 0 saturated carbocycles. The van der Waals surface area contributed by atoms with Crippen LogP contribution in [-0.2, 0) is 32.1 Å². The fourth-order valence-electron chi connectivity index (χ4n) is 7.18. The maximum absolute atomic E-state index is 13.9. The molecule has 2 bridgehead atoms. The van der Waals surface area contributed by atoms with Gasteiger partial charge < -0.3 is 25.6 Å². The van der Waals surface area contributed by atoms with Crippen LogP contribution in [0.4, 0.5) is 5.69 Å². The van der Waals surface area contributed by atoms with E-state index in [1.807, 2.05) is 41.0 Å². The largest absolute Gasteiger partial charge is 0.351 e. The molecule has 2 aromatic rings. The number of nitrogens with one attached hydrogen (secondary N) is 2. The zero-order chi connectivity index (χ0) is 31.0. The Morgan fingerprint density at radius 1 is 1.05 bits per heavy atom. The van der Waals surface area contributed by atoms with Crippen molar-refractivity contribution < 1.29 is 19.1 Å². The van der Waals surface area contributed by atoms with Gasteiger partial charge in [0, 0.05) is 55.3 Å². The molecular weight excluding hydrogens is 580 g/mol. The molecule has 0 spiro atoms. The second-order valence-corrected chi connectivity index (χ2v) is 13.2. The summed E-state index contributed by atoms with van der Waals surface area (Å²) in [4.78, 5) is 46.8. The lowest BCUT2D eigenvalue weighted by atomic mass is 9.89. The number of epoxide rings is 1. The lowest BCUT2D eigenvalue weighted by Crippen LogP contribution is -2.63. The van der Waals surface area contributed by atoms with Crippen molar-refractivity contribution >= 4 is 35.0 Å². The predicted molar refractivity (Wildman–Crippen MR) is 169 cm³/mol. The molecule has 5 aliphatic heterocycles. The van der Waals surface area contributed by atoms with Gasteiger partial charge in [0.15, 0.2) is 5.72 Å². The van der Waals surface area contributed by atoms with E-state index in [1.165, 1.54) is 0 Å². The van der Waals surface area contributed by atoms with Crippen LogP contribution in [0.25, 0.3) is 0 Å². The minimum atomic E-state index is -0.892. The van der Waals surface area contributed by atoms with E-state index in [0.29, 0.717) is 49.3 Å². The summed E-state index contributed by atoms with van der Waals surface area (Å²) in [6.07, 6.45) is 3.45. The third kappa shape index (κ3) is 6.37. The number of piperazine rings is 1. The van der Waals surface area contributed by atoms with E-state index in [0.717, 1.165) is 42.6 Å². The summed E-state index contributed by atoms with van der Waals surface area (Å²) in [5.41, 5.74) is 8.80. The van der Waals surface area contributed by atoms with Gasteiger partial charge in [-0.25, -0.2) is 0 Å². The molecule has 7 rings (SSSR count). The van der Waals surface area contributed by atoms with Crippen LogP contribution in [0.2, 0.25) is 5.02 Å². The molecule has 44 heavy (non-hydrogen) atoms.